The Bertz CT molecular complexity index is 913. The van der Waals surface area contributed by atoms with Gasteiger partial charge >= 0.3 is 0 Å². The van der Waals surface area contributed by atoms with Gasteiger partial charge in [-0.1, -0.05) is 59.5 Å². The normalized spacial score (nSPS) is 11.8. The molecule has 5 nitrogen and oxygen atoms in total. The first-order chi connectivity index (χ1) is 13.0. The standard InChI is InChI=1S/C20H21N3O2S2/c1-13-9-10-17(11-14(13)2)25-15(3)18(24)21-19-22-23-20(27-19)26-12-16-7-5-4-6-8-16/h4-11,15H,12H2,1-3H3,(H,21,22,24)/t15-/m0/s1. The SMILES string of the molecule is Cc1ccc(O[C@@H](C)C(=O)Nc2nnc(SCc3ccccc3)s2)cc1C. The number of benzene rings is 2. The van der Waals surface area contributed by atoms with Gasteiger partial charge in [-0.25, -0.2) is 0 Å². The van der Waals surface area contributed by atoms with Crippen LogP contribution in [0.5, 0.6) is 5.75 Å². The van der Waals surface area contributed by atoms with Crippen LogP contribution < -0.4 is 10.1 Å². The van der Waals surface area contributed by atoms with Gasteiger partial charge in [0.2, 0.25) is 5.13 Å². The summed E-state index contributed by atoms with van der Waals surface area (Å²) >= 11 is 2.96. The maximum absolute atomic E-state index is 12.4. The predicted molar refractivity (Wildman–Crippen MR) is 111 cm³/mol. The Labute approximate surface area is 167 Å². The lowest BCUT2D eigenvalue weighted by atomic mass is 10.1. The van der Waals surface area contributed by atoms with E-state index < -0.39 is 6.10 Å². The summed E-state index contributed by atoms with van der Waals surface area (Å²) in [7, 11) is 0. The van der Waals surface area contributed by atoms with Crippen molar-refractivity contribution in [1.29, 1.82) is 0 Å². The average Bonchev–Trinajstić information content (AvgIpc) is 3.11. The van der Waals surface area contributed by atoms with E-state index in [9.17, 15) is 4.79 Å². The summed E-state index contributed by atoms with van der Waals surface area (Å²) in [6.45, 7) is 5.78. The van der Waals surface area contributed by atoms with Gasteiger partial charge in [-0.3, -0.25) is 10.1 Å². The summed E-state index contributed by atoms with van der Waals surface area (Å²) in [5.74, 6) is 1.25. The number of hydrogen-bond acceptors (Lipinski definition) is 6. The Balaban J connectivity index is 1.52. The summed E-state index contributed by atoms with van der Waals surface area (Å²) < 4.78 is 6.55. The first kappa shape index (κ1) is 19.4. The summed E-state index contributed by atoms with van der Waals surface area (Å²) in [4.78, 5) is 12.4. The molecule has 0 aliphatic rings. The van der Waals surface area contributed by atoms with Crippen molar-refractivity contribution < 1.29 is 9.53 Å². The molecule has 2 aromatic carbocycles. The molecule has 1 atom stereocenters. The number of aromatic nitrogens is 2. The minimum Gasteiger partial charge on any atom is -0.481 e. The lowest BCUT2D eigenvalue weighted by Crippen LogP contribution is -2.30. The molecule has 0 saturated heterocycles. The second-order valence-corrected chi connectivity index (χ2v) is 8.34. The second-order valence-electron chi connectivity index (χ2n) is 6.14. The van der Waals surface area contributed by atoms with E-state index in [1.54, 1.807) is 18.7 Å². The average molecular weight is 400 g/mol. The van der Waals surface area contributed by atoms with Gasteiger partial charge in [0.1, 0.15) is 5.75 Å². The molecule has 3 rings (SSSR count). The molecule has 0 bridgehead atoms. The highest BCUT2D eigenvalue weighted by Gasteiger charge is 2.17. The smallest absolute Gasteiger partial charge is 0.266 e. The van der Waals surface area contributed by atoms with E-state index >= 15 is 0 Å². The Morgan fingerprint density at radius 1 is 1.15 bits per heavy atom. The van der Waals surface area contributed by atoms with Crippen molar-refractivity contribution in [2.24, 2.45) is 0 Å². The minimum absolute atomic E-state index is 0.246. The molecule has 1 N–H and O–H groups in total. The monoisotopic (exact) mass is 399 g/mol. The zero-order chi connectivity index (χ0) is 19.2. The molecule has 3 aromatic rings. The Morgan fingerprint density at radius 3 is 2.67 bits per heavy atom. The van der Waals surface area contributed by atoms with Gasteiger partial charge in [0.15, 0.2) is 10.4 Å². The molecule has 1 aromatic heterocycles. The van der Waals surface area contributed by atoms with Gasteiger partial charge in [-0.05, 0) is 49.6 Å². The van der Waals surface area contributed by atoms with E-state index in [4.69, 9.17) is 4.74 Å². The number of thioether (sulfide) groups is 1. The van der Waals surface area contributed by atoms with E-state index in [2.05, 4.69) is 27.6 Å². The molecular weight excluding hydrogens is 378 g/mol. The second kappa shape index (κ2) is 9.01. The van der Waals surface area contributed by atoms with Gasteiger partial charge in [-0.15, -0.1) is 10.2 Å². The van der Waals surface area contributed by atoms with Crippen molar-refractivity contribution in [3.05, 3.63) is 65.2 Å². The van der Waals surface area contributed by atoms with Gasteiger partial charge in [0.25, 0.3) is 5.91 Å². The predicted octanol–water partition coefficient (Wildman–Crippen LogP) is 4.85. The fourth-order valence-corrected chi connectivity index (χ4v) is 4.00. The Hall–Kier alpha value is -2.38. The first-order valence-corrected chi connectivity index (χ1v) is 10.4. The van der Waals surface area contributed by atoms with Crippen LogP contribution in [0.3, 0.4) is 0 Å². The summed E-state index contributed by atoms with van der Waals surface area (Å²) in [5.41, 5.74) is 3.54. The quantitative estimate of drug-likeness (QED) is 0.454. The third kappa shape index (κ3) is 5.55. The molecule has 0 spiro atoms. The first-order valence-electron chi connectivity index (χ1n) is 8.56. The molecule has 140 valence electrons. The highest BCUT2D eigenvalue weighted by Crippen LogP contribution is 2.28. The summed E-state index contributed by atoms with van der Waals surface area (Å²) in [6.07, 6.45) is -0.628. The molecule has 1 amide bonds. The highest BCUT2D eigenvalue weighted by molar-refractivity contribution is 8.00. The largest absolute Gasteiger partial charge is 0.481 e. The van der Waals surface area contributed by atoms with Gasteiger partial charge in [0, 0.05) is 5.75 Å². The van der Waals surface area contributed by atoms with E-state index in [-0.39, 0.29) is 5.91 Å². The Kier molecular flexibility index (Phi) is 6.47. The zero-order valence-corrected chi connectivity index (χ0v) is 17.1. The van der Waals surface area contributed by atoms with Crippen molar-refractivity contribution >= 4 is 34.1 Å². The molecule has 0 fully saturated rings. The van der Waals surface area contributed by atoms with Crippen LogP contribution in [-0.2, 0) is 10.5 Å². The van der Waals surface area contributed by atoms with Crippen LogP contribution >= 0.6 is 23.1 Å². The van der Waals surface area contributed by atoms with Crippen LogP contribution in [0.15, 0.2) is 52.9 Å². The third-order valence-corrected chi connectivity index (χ3v) is 6.05. The van der Waals surface area contributed by atoms with Crippen molar-refractivity contribution in [3.63, 3.8) is 0 Å². The summed E-state index contributed by atoms with van der Waals surface area (Å²) in [6, 6.07) is 15.9. The van der Waals surface area contributed by atoms with Crippen LogP contribution in [0.2, 0.25) is 0 Å². The molecular formula is C20H21N3O2S2. The minimum atomic E-state index is -0.628. The topological polar surface area (TPSA) is 64.1 Å². The Morgan fingerprint density at radius 2 is 1.93 bits per heavy atom. The number of nitrogens with one attached hydrogen (secondary N) is 1. The van der Waals surface area contributed by atoms with E-state index in [0.29, 0.717) is 10.9 Å². The maximum Gasteiger partial charge on any atom is 0.266 e. The molecule has 0 aliphatic heterocycles. The number of hydrogen-bond donors (Lipinski definition) is 1. The van der Waals surface area contributed by atoms with E-state index in [1.807, 2.05) is 50.2 Å². The number of amides is 1. The van der Waals surface area contributed by atoms with Crippen LogP contribution in [-0.4, -0.2) is 22.2 Å². The molecule has 0 radical (unpaired) electrons. The maximum atomic E-state index is 12.4. The van der Waals surface area contributed by atoms with Gasteiger partial charge in [-0.2, -0.15) is 0 Å². The molecule has 0 aliphatic carbocycles. The van der Waals surface area contributed by atoms with Crippen molar-refractivity contribution in [3.8, 4) is 5.75 Å². The number of carbonyl (C=O) groups is 1. The highest BCUT2D eigenvalue weighted by atomic mass is 32.2. The molecule has 7 heteroatoms. The number of ether oxygens (including phenoxy) is 1. The summed E-state index contributed by atoms with van der Waals surface area (Å²) in [5, 5.41) is 11.4. The van der Waals surface area contributed by atoms with Crippen LogP contribution in [0.4, 0.5) is 5.13 Å². The number of nitrogens with zero attached hydrogens (tertiary/aromatic N) is 2. The molecule has 0 unspecified atom stereocenters. The fourth-order valence-electron chi connectivity index (χ4n) is 2.29. The zero-order valence-electron chi connectivity index (χ0n) is 15.4. The lowest BCUT2D eigenvalue weighted by molar-refractivity contribution is -0.122. The third-order valence-electron chi connectivity index (χ3n) is 4.00. The molecule has 27 heavy (non-hydrogen) atoms. The number of anilines is 1. The van der Waals surface area contributed by atoms with Crippen molar-refractivity contribution in [2.45, 2.75) is 37.0 Å². The fraction of sp³-hybridized carbons (Fsp3) is 0.250. The molecule has 1 heterocycles. The molecule has 0 saturated carbocycles. The number of rotatable bonds is 7. The van der Waals surface area contributed by atoms with E-state index in [0.717, 1.165) is 15.7 Å². The van der Waals surface area contributed by atoms with Crippen LogP contribution in [0, 0.1) is 13.8 Å². The van der Waals surface area contributed by atoms with Gasteiger partial charge < -0.3 is 4.74 Å². The van der Waals surface area contributed by atoms with Crippen molar-refractivity contribution in [1.82, 2.24) is 10.2 Å². The number of aryl methyl sites for hydroxylation is 2. The van der Waals surface area contributed by atoms with Crippen LogP contribution in [0.25, 0.3) is 0 Å². The van der Waals surface area contributed by atoms with Gasteiger partial charge in [0.05, 0.1) is 0 Å². The van der Waals surface area contributed by atoms with Crippen LogP contribution in [0.1, 0.15) is 23.6 Å². The van der Waals surface area contributed by atoms with E-state index in [1.165, 1.54) is 22.5 Å². The van der Waals surface area contributed by atoms with Crippen molar-refractivity contribution in [2.75, 3.05) is 5.32 Å². The number of carbonyl (C=O) groups excluding carboxylic acids is 1. The lowest BCUT2D eigenvalue weighted by Gasteiger charge is -2.14.